The molecule has 5 rings (SSSR count). The highest BCUT2D eigenvalue weighted by atomic mass is 16.5. The molecule has 6 nitrogen and oxygen atoms in total. The topological polar surface area (TPSA) is 64.8 Å². The van der Waals surface area contributed by atoms with Crippen LogP contribution in [0.5, 0.6) is 11.5 Å². The van der Waals surface area contributed by atoms with Crippen molar-refractivity contribution in [2.75, 3.05) is 7.11 Å². The first-order valence-electron chi connectivity index (χ1n) is 11.6. The summed E-state index contributed by atoms with van der Waals surface area (Å²) in [6, 6.07) is 31.2. The quantitative estimate of drug-likeness (QED) is 0.222. The molecule has 1 N–H and O–H groups in total. The number of benzene rings is 4. The minimum absolute atomic E-state index is 0.285. The van der Waals surface area contributed by atoms with Crippen LogP contribution in [0.25, 0.3) is 16.5 Å². The number of methoxy groups -OCH3 is 1. The van der Waals surface area contributed by atoms with Crippen molar-refractivity contribution in [1.82, 2.24) is 9.99 Å². The third kappa shape index (κ3) is 5.13. The van der Waals surface area contributed by atoms with Gasteiger partial charge in [-0.2, -0.15) is 5.10 Å². The van der Waals surface area contributed by atoms with E-state index >= 15 is 0 Å². The Balaban J connectivity index is 1.22. The zero-order valence-electron chi connectivity index (χ0n) is 19.8. The molecule has 1 heterocycles. The molecule has 6 heteroatoms. The lowest BCUT2D eigenvalue weighted by Crippen LogP contribution is -2.17. The van der Waals surface area contributed by atoms with E-state index in [2.05, 4.69) is 34.8 Å². The number of carbonyl (C=O) groups is 1. The van der Waals surface area contributed by atoms with E-state index in [4.69, 9.17) is 9.47 Å². The van der Waals surface area contributed by atoms with Crippen molar-refractivity contribution < 1.29 is 14.3 Å². The molecule has 1 amide bonds. The maximum Gasteiger partial charge on any atom is 0.271 e. The van der Waals surface area contributed by atoms with Crippen LogP contribution >= 0.6 is 0 Å². The minimum Gasteiger partial charge on any atom is -0.493 e. The molecular formula is C30H25N3O3. The summed E-state index contributed by atoms with van der Waals surface area (Å²) in [5, 5.41) is 6.44. The zero-order chi connectivity index (χ0) is 24.7. The van der Waals surface area contributed by atoms with Crippen molar-refractivity contribution in [1.29, 1.82) is 0 Å². The van der Waals surface area contributed by atoms with Crippen LogP contribution in [0, 0.1) is 0 Å². The Bertz CT molecular complexity index is 1500. The summed E-state index contributed by atoms with van der Waals surface area (Å²) in [6.07, 6.45) is 5.48. The van der Waals surface area contributed by atoms with E-state index < -0.39 is 0 Å². The first-order valence-corrected chi connectivity index (χ1v) is 11.6. The summed E-state index contributed by atoms with van der Waals surface area (Å²) in [7, 11) is 1.60. The fourth-order valence-electron chi connectivity index (χ4n) is 3.98. The molecule has 0 fully saturated rings. The molecule has 0 saturated carbocycles. The van der Waals surface area contributed by atoms with Crippen molar-refractivity contribution in [2.45, 2.75) is 6.61 Å². The summed E-state index contributed by atoms with van der Waals surface area (Å²) in [6.45, 7) is 0.421. The maximum absolute atomic E-state index is 12.4. The van der Waals surface area contributed by atoms with Gasteiger partial charge in [0.15, 0.2) is 11.5 Å². The highest BCUT2D eigenvalue weighted by Gasteiger charge is 2.08. The number of nitrogens with one attached hydrogen (secondary N) is 1. The van der Waals surface area contributed by atoms with Crippen LogP contribution in [-0.4, -0.2) is 23.8 Å². The monoisotopic (exact) mass is 475 g/mol. The van der Waals surface area contributed by atoms with Crippen LogP contribution in [-0.2, 0) is 6.61 Å². The Kier molecular flexibility index (Phi) is 6.76. The Morgan fingerprint density at radius 3 is 2.47 bits per heavy atom. The average Bonchev–Trinajstić information content (AvgIpc) is 3.47. The Morgan fingerprint density at radius 1 is 0.889 bits per heavy atom. The SMILES string of the molecule is COc1cc(/C=N/NC(=O)c2ccc(-n3cccc3)cc2)ccc1OCc1cccc2ccccc12. The summed E-state index contributed by atoms with van der Waals surface area (Å²) >= 11 is 0. The Labute approximate surface area is 209 Å². The summed E-state index contributed by atoms with van der Waals surface area (Å²) in [5.74, 6) is 0.938. The smallest absolute Gasteiger partial charge is 0.271 e. The Hall–Kier alpha value is -4.84. The molecule has 178 valence electrons. The van der Waals surface area contributed by atoms with E-state index in [9.17, 15) is 4.79 Å². The number of amides is 1. The number of rotatable bonds is 8. The molecule has 0 aliphatic heterocycles. The molecular weight excluding hydrogens is 450 g/mol. The van der Waals surface area contributed by atoms with Gasteiger partial charge in [0.1, 0.15) is 6.61 Å². The van der Waals surface area contributed by atoms with Gasteiger partial charge in [-0.05, 0) is 76.5 Å². The second kappa shape index (κ2) is 10.6. The first-order chi connectivity index (χ1) is 17.7. The molecule has 0 radical (unpaired) electrons. The van der Waals surface area contributed by atoms with Gasteiger partial charge in [0.05, 0.1) is 13.3 Å². The average molecular weight is 476 g/mol. The van der Waals surface area contributed by atoms with Gasteiger partial charge in [0.2, 0.25) is 0 Å². The van der Waals surface area contributed by atoms with Crippen molar-refractivity contribution in [2.24, 2.45) is 5.10 Å². The van der Waals surface area contributed by atoms with Gasteiger partial charge < -0.3 is 14.0 Å². The van der Waals surface area contributed by atoms with Crippen LogP contribution in [0.4, 0.5) is 0 Å². The number of carbonyl (C=O) groups excluding carboxylic acids is 1. The van der Waals surface area contributed by atoms with Gasteiger partial charge in [0, 0.05) is 23.6 Å². The largest absolute Gasteiger partial charge is 0.493 e. The van der Waals surface area contributed by atoms with Crippen LogP contribution in [0.3, 0.4) is 0 Å². The lowest BCUT2D eigenvalue weighted by Gasteiger charge is -2.12. The van der Waals surface area contributed by atoms with Crippen LogP contribution in [0.2, 0.25) is 0 Å². The van der Waals surface area contributed by atoms with Crippen LogP contribution in [0.15, 0.2) is 115 Å². The summed E-state index contributed by atoms with van der Waals surface area (Å²) < 4.78 is 13.6. The van der Waals surface area contributed by atoms with E-state index in [1.165, 1.54) is 5.39 Å². The molecule has 0 aliphatic rings. The molecule has 1 aromatic heterocycles. The molecule has 0 spiro atoms. The second-order valence-electron chi connectivity index (χ2n) is 8.17. The summed E-state index contributed by atoms with van der Waals surface area (Å²) in [4.78, 5) is 12.4. The van der Waals surface area contributed by atoms with E-state index in [0.717, 1.165) is 22.2 Å². The van der Waals surface area contributed by atoms with Gasteiger partial charge >= 0.3 is 0 Å². The highest BCUT2D eigenvalue weighted by molar-refractivity contribution is 5.95. The predicted octanol–water partition coefficient (Wildman–Crippen LogP) is 5.98. The van der Waals surface area contributed by atoms with Gasteiger partial charge in [-0.15, -0.1) is 0 Å². The molecule has 4 aromatic carbocycles. The van der Waals surface area contributed by atoms with Gasteiger partial charge in [0.25, 0.3) is 5.91 Å². The number of hydrazone groups is 1. The molecule has 0 bridgehead atoms. The van der Waals surface area contributed by atoms with E-state index in [1.807, 2.05) is 77.6 Å². The normalized spacial score (nSPS) is 11.0. The number of ether oxygens (including phenoxy) is 2. The standard InChI is InChI=1S/C30H25N3O3/c1-35-29-19-22(11-16-28(29)36-21-25-9-6-8-23-7-2-3-10-27(23)25)20-31-32-30(34)24-12-14-26(15-13-24)33-17-4-5-18-33/h2-20H,21H2,1H3,(H,32,34)/b31-20+. The van der Waals surface area contributed by atoms with Crippen LogP contribution in [0.1, 0.15) is 21.5 Å². The lowest BCUT2D eigenvalue weighted by molar-refractivity contribution is 0.0955. The second-order valence-corrected chi connectivity index (χ2v) is 8.17. The molecule has 5 aromatic rings. The van der Waals surface area contributed by atoms with Gasteiger partial charge in [-0.25, -0.2) is 5.43 Å². The number of aromatic nitrogens is 1. The highest BCUT2D eigenvalue weighted by Crippen LogP contribution is 2.29. The minimum atomic E-state index is -0.285. The number of fused-ring (bicyclic) bond motifs is 1. The predicted molar refractivity (Wildman–Crippen MR) is 142 cm³/mol. The molecule has 0 saturated heterocycles. The van der Waals surface area contributed by atoms with Crippen molar-refractivity contribution in [3.8, 4) is 17.2 Å². The lowest BCUT2D eigenvalue weighted by atomic mass is 10.1. The van der Waals surface area contributed by atoms with Gasteiger partial charge in [-0.3, -0.25) is 4.79 Å². The number of nitrogens with zero attached hydrogens (tertiary/aromatic N) is 2. The molecule has 0 unspecified atom stereocenters. The maximum atomic E-state index is 12.4. The van der Waals surface area contributed by atoms with E-state index in [1.54, 1.807) is 25.5 Å². The molecule has 36 heavy (non-hydrogen) atoms. The molecule has 0 aliphatic carbocycles. The summed E-state index contributed by atoms with van der Waals surface area (Å²) in [5.41, 5.74) is 5.95. The fraction of sp³-hybridized carbons (Fsp3) is 0.0667. The van der Waals surface area contributed by atoms with E-state index in [-0.39, 0.29) is 5.91 Å². The van der Waals surface area contributed by atoms with Crippen molar-refractivity contribution >= 4 is 22.9 Å². The molecule has 0 atom stereocenters. The number of hydrogen-bond acceptors (Lipinski definition) is 4. The van der Waals surface area contributed by atoms with Crippen molar-refractivity contribution in [3.63, 3.8) is 0 Å². The van der Waals surface area contributed by atoms with E-state index in [0.29, 0.717) is 23.7 Å². The third-order valence-corrected chi connectivity index (χ3v) is 5.86. The number of hydrogen-bond donors (Lipinski definition) is 1. The Morgan fingerprint density at radius 2 is 1.67 bits per heavy atom. The third-order valence-electron chi connectivity index (χ3n) is 5.86. The van der Waals surface area contributed by atoms with Crippen LogP contribution < -0.4 is 14.9 Å². The zero-order valence-corrected chi connectivity index (χ0v) is 19.8. The van der Waals surface area contributed by atoms with Crippen molar-refractivity contribution in [3.05, 3.63) is 126 Å². The first kappa shape index (κ1) is 22.9. The van der Waals surface area contributed by atoms with Gasteiger partial charge in [-0.1, -0.05) is 42.5 Å². The fourth-order valence-corrected chi connectivity index (χ4v) is 3.98.